The van der Waals surface area contributed by atoms with Gasteiger partial charge >= 0.3 is 0 Å². The standard InChI is InChI=1S/C16H32N2O/c1-4-15-12-17-8-5-6-16(17)13-18(15)9-11-19-10-7-14(2)3/h14-16H,4-13H2,1-3H3. The Balaban J connectivity index is 1.69. The van der Waals surface area contributed by atoms with Crippen LogP contribution in [-0.2, 0) is 4.74 Å². The SMILES string of the molecule is CCC1CN2CCCC2CN1CCOCCC(C)C. The maximum atomic E-state index is 5.80. The van der Waals surface area contributed by atoms with E-state index >= 15 is 0 Å². The summed E-state index contributed by atoms with van der Waals surface area (Å²) in [4.78, 5) is 5.39. The molecular formula is C16H32N2O. The zero-order valence-electron chi connectivity index (χ0n) is 13.1. The Labute approximate surface area is 119 Å². The quantitative estimate of drug-likeness (QED) is 0.660. The van der Waals surface area contributed by atoms with E-state index in [1.54, 1.807) is 0 Å². The van der Waals surface area contributed by atoms with Crippen LogP contribution in [0, 0.1) is 5.92 Å². The van der Waals surface area contributed by atoms with Gasteiger partial charge in [-0.05, 0) is 38.1 Å². The fraction of sp³-hybridized carbons (Fsp3) is 1.00. The van der Waals surface area contributed by atoms with E-state index in [-0.39, 0.29) is 0 Å². The Hall–Kier alpha value is -0.120. The molecular weight excluding hydrogens is 236 g/mol. The first-order chi connectivity index (χ1) is 9.20. The van der Waals surface area contributed by atoms with Crippen molar-refractivity contribution in [3.63, 3.8) is 0 Å². The molecule has 2 heterocycles. The van der Waals surface area contributed by atoms with Gasteiger partial charge in [0.25, 0.3) is 0 Å². The number of fused-ring (bicyclic) bond motifs is 1. The summed E-state index contributed by atoms with van der Waals surface area (Å²) in [7, 11) is 0. The van der Waals surface area contributed by atoms with Crippen molar-refractivity contribution in [2.45, 2.75) is 58.5 Å². The number of hydrogen-bond donors (Lipinski definition) is 0. The molecule has 2 saturated heterocycles. The van der Waals surface area contributed by atoms with Crippen LogP contribution in [-0.4, -0.2) is 61.3 Å². The summed E-state index contributed by atoms with van der Waals surface area (Å²) in [6, 6.07) is 1.58. The van der Waals surface area contributed by atoms with E-state index in [1.165, 1.54) is 45.3 Å². The lowest BCUT2D eigenvalue weighted by molar-refractivity contribution is 0.0214. The summed E-state index contributed by atoms with van der Waals surface area (Å²) in [5, 5.41) is 0. The second kappa shape index (κ2) is 7.61. The van der Waals surface area contributed by atoms with Crippen molar-refractivity contribution in [2.75, 3.05) is 39.4 Å². The molecule has 19 heavy (non-hydrogen) atoms. The van der Waals surface area contributed by atoms with Crippen LogP contribution < -0.4 is 0 Å². The van der Waals surface area contributed by atoms with Crippen LogP contribution in [0.25, 0.3) is 0 Å². The van der Waals surface area contributed by atoms with Crippen molar-refractivity contribution in [3.05, 3.63) is 0 Å². The molecule has 2 unspecified atom stereocenters. The predicted octanol–water partition coefficient (Wildman–Crippen LogP) is 2.61. The van der Waals surface area contributed by atoms with Gasteiger partial charge in [0.1, 0.15) is 0 Å². The molecule has 0 aromatic rings. The number of piperazine rings is 1. The second-order valence-electron chi connectivity index (χ2n) is 6.64. The number of nitrogens with zero attached hydrogens (tertiary/aromatic N) is 2. The lowest BCUT2D eigenvalue weighted by Gasteiger charge is -2.43. The van der Waals surface area contributed by atoms with E-state index in [0.29, 0.717) is 0 Å². The monoisotopic (exact) mass is 268 g/mol. The molecule has 0 radical (unpaired) electrons. The van der Waals surface area contributed by atoms with Gasteiger partial charge in [-0.25, -0.2) is 0 Å². The van der Waals surface area contributed by atoms with Crippen LogP contribution in [0.3, 0.4) is 0 Å². The van der Waals surface area contributed by atoms with Crippen molar-refractivity contribution in [1.29, 1.82) is 0 Å². The highest BCUT2D eigenvalue weighted by atomic mass is 16.5. The highest BCUT2D eigenvalue weighted by Gasteiger charge is 2.34. The Bertz CT molecular complexity index is 257. The Kier molecular flexibility index (Phi) is 6.11. The first kappa shape index (κ1) is 15.3. The van der Waals surface area contributed by atoms with Gasteiger partial charge in [0.05, 0.1) is 6.61 Å². The number of hydrogen-bond acceptors (Lipinski definition) is 3. The normalized spacial score (nSPS) is 29.1. The Morgan fingerprint density at radius 3 is 2.79 bits per heavy atom. The highest BCUT2D eigenvalue weighted by molar-refractivity contribution is 4.91. The summed E-state index contributed by atoms with van der Waals surface area (Å²) < 4.78 is 5.80. The minimum atomic E-state index is 0.753. The molecule has 0 spiro atoms. The average Bonchev–Trinajstić information content (AvgIpc) is 2.83. The first-order valence-electron chi connectivity index (χ1n) is 8.26. The molecule has 3 nitrogen and oxygen atoms in total. The maximum absolute atomic E-state index is 5.80. The Morgan fingerprint density at radius 1 is 1.21 bits per heavy atom. The van der Waals surface area contributed by atoms with Crippen molar-refractivity contribution >= 4 is 0 Å². The molecule has 0 aliphatic carbocycles. The third-order valence-corrected chi connectivity index (χ3v) is 4.74. The fourth-order valence-corrected chi connectivity index (χ4v) is 3.41. The van der Waals surface area contributed by atoms with Crippen molar-refractivity contribution in [1.82, 2.24) is 9.80 Å². The summed E-state index contributed by atoms with van der Waals surface area (Å²) in [6.45, 7) is 13.7. The summed E-state index contributed by atoms with van der Waals surface area (Å²) >= 11 is 0. The smallest absolute Gasteiger partial charge is 0.0593 e. The van der Waals surface area contributed by atoms with Gasteiger partial charge in [-0.15, -0.1) is 0 Å². The van der Waals surface area contributed by atoms with Crippen LogP contribution in [0.2, 0.25) is 0 Å². The molecule has 2 atom stereocenters. The van der Waals surface area contributed by atoms with E-state index in [9.17, 15) is 0 Å². The van der Waals surface area contributed by atoms with Crippen molar-refractivity contribution in [3.8, 4) is 0 Å². The minimum Gasteiger partial charge on any atom is -0.380 e. The van der Waals surface area contributed by atoms with Crippen LogP contribution in [0.15, 0.2) is 0 Å². The van der Waals surface area contributed by atoms with Gasteiger partial charge < -0.3 is 4.74 Å². The number of ether oxygens (including phenoxy) is 1. The van der Waals surface area contributed by atoms with Crippen LogP contribution >= 0.6 is 0 Å². The zero-order chi connectivity index (χ0) is 13.7. The van der Waals surface area contributed by atoms with Gasteiger partial charge in [0.2, 0.25) is 0 Å². The van der Waals surface area contributed by atoms with E-state index < -0.39 is 0 Å². The average molecular weight is 268 g/mol. The summed E-state index contributed by atoms with van der Waals surface area (Å²) in [5.41, 5.74) is 0. The van der Waals surface area contributed by atoms with Gasteiger partial charge in [0, 0.05) is 38.3 Å². The van der Waals surface area contributed by atoms with E-state index in [0.717, 1.165) is 37.8 Å². The second-order valence-corrected chi connectivity index (χ2v) is 6.64. The van der Waals surface area contributed by atoms with E-state index in [2.05, 4.69) is 30.6 Å². The minimum absolute atomic E-state index is 0.753. The Morgan fingerprint density at radius 2 is 2.05 bits per heavy atom. The highest BCUT2D eigenvalue weighted by Crippen LogP contribution is 2.25. The maximum Gasteiger partial charge on any atom is 0.0593 e. The molecule has 2 aliphatic rings. The molecule has 0 aromatic heterocycles. The molecule has 2 rings (SSSR count). The predicted molar refractivity (Wildman–Crippen MR) is 80.5 cm³/mol. The van der Waals surface area contributed by atoms with Crippen LogP contribution in [0.1, 0.15) is 46.5 Å². The lowest BCUT2D eigenvalue weighted by atomic mass is 10.1. The molecule has 0 aromatic carbocycles. The molecule has 0 saturated carbocycles. The van der Waals surface area contributed by atoms with Gasteiger partial charge in [-0.3, -0.25) is 9.80 Å². The summed E-state index contributed by atoms with van der Waals surface area (Å²) in [6.07, 6.45) is 5.27. The molecule has 2 fully saturated rings. The third-order valence-electron chi connectivity index (χ3n) is 4.74. The zero-order valence-corrected chi connectivity index (χ0v) is 13.1. The molecule has 0 amide bonds. The molecule has 0 N–H and O–H groups in total. The van der Waals surface area contributed by atoms with Crippen LogP contribution in [0.5, 0.6) is 0 Å². The van der Waals surface area contributed by atoms with E-state index in [1.807, 2.05) is 0 Å². The molecule has 0 bridgehead atoms. The lowest BCUT2D eigenvalue weighted by Crippen LogP contribution is -2.56. The number of rotatable bonds is 7. The molecule has 112 valence electrons. The summed E-state index contributed by atoms with van der Waals surface area (Å²) in [5.74, 6) is 0.755. The van der Waals surface area contributed by atoms with Crippen LogP contribution in [0.4, 0.5) is 0 Å². The van der Waals surface area contributed by atoms with E-state index in [4.69, 9.17) is 4.74 Å². The van der Waals surface area contributed by atoms with Crippen molar-refractivity contribution in [2.24, 2.45) is 5.92 Å². The van der Waals surface area contributed by atoms with Gasteiger partial charge in [0.15, 0.2) is 0 Å². The first-order valence-corrected chi connectivity index (χ1v) is 8.26. The third kappa shape index (κ3) is 4.44. The molecule has 2 aliphatic heterocycles. The van der Waals surface area contributed by atoms with Gasteiger partial charge in [-0.2, -0.15) is 0 Å². The topological polar surface area (TPSA) is 15.7 Å². The van der Waals surface area contributed by atoms with Crippen molar-refractivity contribution < 1.29 is 4.74 Å². The molecule has 3 heteroatoms. The fourth-order valence-electron chi connectivity index (χ4n) is 3.41. The van der Waals surface area contributed by atoms with Gasteiger partial charge in [-0.1, -0.05) is 20.8 Å². The largest absolute Gasteiger partial charge is 0.380 e.